The third kappa shape index (κ3) is 4.25. The Morgan fingerprint density at radius 2 is 2.17 bits per heavy atom. The smallest absolute Gasteiger partial charge is 0.303 e. The van der Waals surface area contributed by atoms with Crippen molar-refractivity contribution in [2.45, 2.75) is 51.0 Å². The van der Waals surface area contributed by atoms with Crippen LogP contribution in [0.15, 0.2) is 0 Å². The number of hydrogen-bond acceptors (Lipinski definition) is 3. The highest BCUT2D eigenvalue weighted by molar-refractivity contribution is 5.66. The van der Waals surface area contributed by atoms with Crippen LogP contribution in [-0.4, -0.2) is 48.3 Å². The molecule has 18 heavy (non-hydrogen) atoms. The Balaban J connectivity index is 1.80. The number of hydrogen-bond donors (Lipinski definition) is 1. The van der Waals surface area contributed by atoms with Crippen LogP contribution in [0.25, 0.3) is 0 Å². The van der Waals surface area contributed by atoms with Gasteiger partial charge in [0.15, 0.2) is 0 Å². The number of aliphatic carboxylic acids is 1. The Hall–Kier alpha value is -0.610. The lowest BCUT2D eigenvalue weighted by molar-refractivity contribution is -0.137. The highest BCUT2D eigenvalue weighted by atomic mass is 16.5. The maximum atomic E-state index is 10.7. The standard InChI is InChI=1S/C14H25NO3/c16-14(17)7-6-13-5-1-2-8-15(13)10-12-4-3-9-18-11-12/h12-13H,1-11H2,(H,16,17). The summed E-state index contributed by atoms with van der Waals surface area (Å²) in [6.45, 7) is 4.05. The molecule has 0 radical (unpaired) electrons. The maximum Gasteiger partial charge on any atom is 0.303 e. The average Bonchev–Trinajstić information content (AvgIpc) is 2.39. The van der Waals surface area contributed by atoms with Crippen molar-refractivity contribution in [3.05, 3.63) is 0 Å². The van der Waals surface area contributed by atoms with Crippen molar-refractivity contribution in [3.63, 3.8) is 0 Å². The summed E-state index contributed by atoms with van der Waals surface area (Å²) < 4.78 is 5.54. The fraction of sp³-hybridized carbons (Fsp3) is 0.929. The van der Waals surface area contributed by atoms with Gasteiger partial charge in [0, 0.05) is 25.6 Å². The number of nitrogens with zero attached hydrogens (tertiary/aromatic N) is 1. The molecule has 0 aliphatic carbocycles. The van der Waals surface area contributed by atoms with E-state index >= 15 is 0 Å². The molecule has 104 valence electrons. The first-order valence-corrected chi connectivity index (χ1v) is 7.29. The van der Waals surface area contributed by atoms with Crippen LogP contribution < -0.4 is 0 Å². The second-order valence-corrected chi connectivity index (χ2v) is 5.66. The van der Waals surface area contributed by atoms with E-state index in [0.29, 0.717) is 18.4 Å². The third-order valence-electron chi connectivity index (χ3n) is 4.19. The van der Waals surface area contributed by atoms with Crippen molar-refractivity contribution in [1.29, 1.82) is 0 Å². The summed E-state index contributed by atoms with van der Waals surface area (Å²) in [6.07, 6.45) is 7.24. The summed E-state index contributed by atoms with van der Waals surface area (Å²) >= 11 is 0. The molecule has 2 unspecified atom stereocenters. The van der Waals surface area contributed by atoms with Gasteiger partial charge in [-0.25, -0.2) is 0 Å². The van der Waals surface area contributed by atoms with E-state index in [4.69, 9.17) is 9.84 Å². The molecule has 0 aromatic rings. The fourth-order valence-corrected chi connectivity index (χ4v) is 3.20. The van der Waals surface area contributed by atoms with Crippen LogP contribution in [0.5, 0.6) is 0 Å². The number of likely N-dealkylation sites (tertiary alicyclic amines) is 1. The summed E-state index contributed by atoms with van der Waals surface area (Å²) in [5, 5.41) is 8.81. The van der Waals surface area contributed by atoms with Crippen LogP contribution in [0.2, 0.25) is 0 Å². The van der Waals surface area contributed by atoms with Crippen LogP contribution in [0.1, 0.15) is 44.9 Å². The van der Waals surface area contributed by atoms with E-state index in [9.17, 15) is 4.79 Å². The fourth-order valence-electron chi connectivity index (χ4n) is 3.20. The molecule has 0 aromatic carbocycles. The lowest BCUT2D eigenvalue weighted by atomic mass is 9.94. The molecule has 1 N–H and O–H groups in total. The van der Waals surface area contributed by atoms with Crippen LogP contribution in [0.3, 0.4) is 0 Å². The van der Waals surface area contributed by atoms with E-state index in [0.717, 1.165) is 32.7 Å². The predicted molar refractivity (Wildman–Crippen MR) is 69.6 cm³/mol. The van der Waals surface area contributed by atoms with Crippen molar-refractivity contribution >= 4 is 5.97 Å². The summed E-state index contributed by atoms with van der Waals surface area (Å²) in [5.41, 5.74) is 0. The lowest BCUT2D eigenvalue weighted by Crippen LogP contribution is -2.43. The summed E-state index contributed by atoms with van der Waals surface area (Å²) in [5.74, 6) is -0.00861. The molecular weight excluding hydrogens is 230 g/mol. The third-order valence-corrected chi connectivity index (χ3v) is 4.19. The number of ether oxygens (including phenoxy) is 1. The Morgan fingerprint density at radius 1 is 1.28 bits per heavy atom. The minimum Gasteiger partial charge on any atom is -0.481 e. The predicted octanol–water partition coefficient (Wildman–Crippen LogP) is 2.13. The molecule has 0 bridgehead atoms. The van der Waals surface area contributed by atoms with Gasteiger partial charge in [-0.15, -0.1) is 0 Å². The topological polar surface area (TPSA) is 49.8 Å². The van der Waals surface area contributed by atoms with Crippen molar-refractivity contribution in [2.75, 3.05) is 26.3 Å². The molecule has 2 saturated heterocycles. The van der Waals surface area contributed by atoms with Crippen molar-refractivity contribution in [1.82, 2.24) is 4.90 Å². The van der Waals surface area contributed by atoms with E-state index in [2.05, 4.69) is 4.90 Å². The molecule has 4 heteroatoms. The van der Waals surface area contributed by atoms with Crippen LogP contribution in [0.4, 0.5) is 0 Å². The maximum absolute atomic E-state index is 10.7. The SMILES string of the molecule is O=C(O)CCC1CCCCN1CC1CCCOC1. The second-order valence-electron chi connectivity index (χ2n) is 5.66. The molecule has 0 saturated carbocycles. The molecule has 2 aliphatic heterocycles. The van der Waals surface area contributed by atoms with E-state index in [1.165, 1.54) is 32.1 Å². The first-order valence-electron chi connectivity index (χ1n) is 7.29. The molecule has 0 spiro atoms. The first-order chi connectivity index (χ1) is 8.75. The largest absolute Gasteiger partial charge is 0.481 e. The number of piperidine rings is 1. The van der Waals surface area contributed by atoms with E-state index in [1.807, 2.05) is 0 Å². The quantitative estimate of drug-likeness (QED) is 0.817. The van der Waals surface area contributed by atoms with Gasteiger partial charge in [-0.1, -0.05) is 6.42 Å². The van der Waals surface area contributed by atoms with Gasteiger partial charge < -0.3 is 14.7 Å². The first kappa shape index (κ1) is 13.8. The van der Waals surface area contributed by atoms with Crippen LogP contribution >= 0.6 is 0 Å². The lowest BCUT2D eigenvalue weighted by Gasteiger charge is -2.38. The molecule has 2 fully saturated rings. The Kier molecular flexibility index (Phi) is 5.45. The van der Waals surface area contributed by atoms with Gasteiger partial charge in [-0.2, -0.15) is 0 Å². The van der Waals surface area contributed by atoms with Gasteiger partial charge in [-0.05, 0) is 44.6 Å². The Labute approximate surface area is 109 Å². The number of rotatable bonds is 5. The Morgan fingerprint density at radius 3 is 2.89 bits per heavy atom. The zero-order chi connectivity index (χ0) is 12.8. The van der Waals surface area contributed by atoms with Gasteiger partial charge in [0.2, 0.25) is 0 Å². The van der Waals surface area contributed by atoms with E-state index in [1.54, 1.807) is 0 Å². The Bertz CT molecular complexity index is 264. The van der Waals surface area contributed by atoms with Gasteiger partial charge in [-0.3, -0.25) is 4.79 Å². The van der Waals surface area contributed by atoms with Gasteiger partial charge in [0.25, 0.3) is 0 Å². The van der Waals surface area contributed by atoms with Crippen molar-refractivity contribution < 1.29 is 14.6 Å². The van der Waals surface area contributed by atoms with Crippen LogP contribution in [0, 0.1) is 5.92 Å². The normalized spacial score (nSPS) is 30.2. The van der Waals surface area contributed by atoms with Crippen molar-refractivity contribution in [2.24, 2.45) is 5.92 Å². The monoisotopic (exact) mass is 255 g/mol. The van der Waals surface area contributed by atoms with Crippen LogP contribution in [-0.2, 0) is 9.53 Å². The number of carbonyl (C=O) groups is 1. The van der Waals surface area contributed by atoms with Gasteiger partial charge >= 0.3 is 5.97 Å². The molecule has 2 heterocycles. The van der Waals surface area contributed by atoms with Gasteiger partial charge in [0.05, 0.1) is 6.61 Å². The molecule has 0 aromatic heterocycles. The molecular formula is C14H25NO3. The molecule has 2 rings (SSSR count). The van der Waals surface area contributed by atoms with Crippen molar-refractivity contribution in [3.8, 4) is 0 Å². The summed E-state index contributed by atoms with van der Waals surface area (Å²) in [7, 11) is 0. The second kappa shape index (κ2) is 7.10. The van der Waals surface area contributed by atoms with E-state index < -0.39 is 5.97 Å². The molecule has 4 nitrogen and oxygen atoms in total. The minimum atomic E-state index is -0.665. The summed E-state index contributed by atoms with van der Waals surface area (Å²) in [6, 6.07) is 0.483. The number of carboxylic acids is 1. The highest BCUT2D eigenvalue weighted by Crippen LogP contribution is 2.24. The summed E-state index contributed by atoms with van der Waals surface area (Å²) in [4.78, 5) is 13.2. The minimum absolute atomic E-state index is 0.308. The van der Waals surface area contributed by atoms with E-state index in [-0.39, 0.29) is 0 Å². The number of carboxylic acid groups (broad SMARTS) is 1. The molecule has 2 atom stereocenters. The van der Waals surface area contributed by atoms with Gasteiger partial charge in [0.1, 0.15) is 0 Å². The molecule has 0 amide bonds. The highest BCUT2D eigenvalue weighted by Gasteiger charge is 2.26. The zero-order valence-corrected chi connectivity index (χ0v) is 11.1. The average molecular weight is 255 g/mol. The zero-order valence-electron chi connectivity index (χ0n) is 11.1. The molecule has 2 aliphatic rings.